The molecule has 0 aliphatic heterocycles. The van der Waals surface area contributed by atoms with Gasteiger partial charge in [-0.3, -0.25) is 0 Å². The SMILES string of the molecule is [CH2]CCCc1nnco1. The second kappa shape index (κ2) is 3.22. The Morgan fingerprint density at radius 2 is 2.56 bits per heavy atom. The van der Waals surface area contributed by atoms with Gasteiger partial charge in [0.1, 0.15) is 0 Å². The van der Waals surface area contributed by atoms with Gasteiger partial charge in [0.25, 0.3) is 0 Å². The van der Waals surface area contributed by atoms with Crippen LogP contribution in [0.25, 0.3) is 0 Å². The first-order valence-corrected chi connectivity index (χ1v) is 2.98. The number of aryl methyl sites for hydroxylation is 1. The molecule has 49 valence electrons. The van der Waals surface area contributed by atoms with Gasteiger partial charge >= 0.3 is 0 Å². The minimum absolute atomic E-state index is 0.707. The first-order valence-electron chi connectivity index (χ1n) is 2.98. The van der Waals surface area contributed by atoms with Crippen molar-refractivity contribution in [3.8, 4) is 0 Å². The molecule has 1 rings (SSSR count). The number of hydrogen-bond acceptors (Lipinski definition) is 3. The summed E-state index contributed by atoms with van der Waals surface area (Å²) in [6.45, 7) is 3.70. The van der Waals surface area contributed by atoms with Crippen molar-refractivity contribution in [1.82, 2.24) is 10.2 Å². The molecule has 3 heteroatoms. The van der Waals surface area contributed by atoms with Crippen LogP contribution in [0.2, 0.25) is 0 Å². The Labute approximate surface area is 54.1 Å². The number of rotatable bonds is 3. The van der Waals surface area contributed by atoms with E-state index in [1.54, 1.807) is 0 Å². The monoisotopic (exact) mass is 125 g/mol. The molecule has 0 aliphatic carbocycles. The molecule has 0 saturated carbocycles. The van der Waals surface area contributed by atoms with E-state index in [4.69, 9.17) is 4.42 Å². The summed E-state index contributed by atoms with van der Waals surface area (Å²) in [5.41, 5.74) is 0. The van der Waals surface area contributed by atoms with Crippen molar-refractivity contribution in [1.29, 1.82) is 0 Å². The molecule has 1 heterocycles. The van der Waals surface area contributed by atoms with Crippen molar-refractivity contribution in [3.05, 3.63) is 19.2 Å². The van der Waals surface area contributed by atoms with Crippen molar-refractivity contribution >= 4 is 0 Å². The van der Waals surface area contributed by atoms with Crippen LogP contribution in [0.15, 0.2) is 10.8 Å². The molecular weight excluding hydrogens is 116 g/mol. The lowest BCUT2D eigenvalue weighted by molar-refractivity contribution is 0.486. The standard InChI is InChI=1S/C6H9N2O/c1-2-3-4-6-8-7-5-9-6/h5H,1-4H2. The topological polar surface area (TPSA) is 38.9 Å². The predicted octanol–water partition coefficient (Wildman–Crippen LogP) is 1.23. The van der Waals surface area contributed by atoms with E-state index < -0.39 is 0 Å². The van der Waals surface area contributed by atoms with Gasteiger partial charge < -0.3 is 4.42 Å². The van der Waals surface area contributed by atoms with Crippen molar-refractivity contribution in [2.24, 2.45) is 0 Å². The summed E-state index contributed by atoms with van der Waals surface area (Å²) in [6.07, 6.45) is 4.13. The Balaban J connectivity index is 2.30. The Kier molecular flexibility index (Phi) is 2.24. The van der Waals surface area contributed by atoms with Crippen LogP contribution in [0.4, 0.5) is 0 Å². The van der Waals surface area contributed by atoms with E-state index in [1.165, 1.54) is 6.39 Å². The van der Waals surface area contributed by atoms with Crippen LogP contribution in [-0.4, -0.2) is 10.2 Å². The van der Waals surface area contributed by atoms with Gasteiger partial charge in [-0.1, -0.05) is 13.3 Å². The molecule has 1 aromatic rings. The highest BCUT2D eigenvalue weighted by atomic mass is 16.4. The van der Waals surface area contributed by atoms with Crippen LogP contribution in [0.3, 0.4) is 0 Å². The third kappa shape index (κ3) is 1.83. The molecular formula is C6H9N2O. The second-order valence-electron chi connectivity index (χ2n) is 1.79. The van der Waals surface area contributed by atoms with E-state index in [0.29, 0.717) is 5.89 Å². The van der Waals surface area contributed by atoms with Gasteiger partial charge in [0.05, 0.1) is 0 Å². The minimum Gasteiger partial charge on any atom is -0.428 e. The number of aromatic nitrogens is 2. The average Bonchev–Trinajstić information content (AvgIpc) is 2.34. The molecule has 0 N–H and O–H groups in total. The first-order chi connectivity index (χ1) is 4.43. The summed E-state index contributed by atoms with van der Waals surface area (Å²) in [4.78, 5) is 0. The van der Waals surface area contributed by atoms with Crippen molar-refractivity contribution in [3.63, 3.8) is 0 Å². The van der Waals surface area contributed by atoms with E-state index in [9.17, 15) is 0 Å². The third-order valence-corrected chi connectivity index (χ3v) is 1.05. The number of nitrogens with zero attached hydrogens (tertiary/aromatic N) is 2. The van der Waals surface area contributed by atoms with Gasteiger partial charge in [0, 0.05) is 6.42 Å². The van der Waals surface area contributed by atoms with Gasteiger partial charge in [-0.2, -0.15) is 0 Å². The number of hydrogen-bond donors (Lipinski definition) is 0. The first kappa shape index (κ1) is 6.26. The molecule has 0 unspecified atom stereocenters. The Hall–Kier alpha value is -0.860. The molecule has 1 radical (unpaired) electrons. The highest BCUT2D eigenvalue weighted by Gasteiger charge is 1.94. The predicted molar refractivity (Wildman–Crippen MR) is 32.6 cm³/mol. The fourth-order valence-electron chi connectivity index (χ4n) is 0.581. The van der Waals surface area contributed by atoms with Crippen LogP contribution in [-0.2, 0) is 6.42 Å². The van der Waals surface area contributed by atoms with Crippen LogP contribution in [0.1, 0.15) is 18.7 Å². The normalized spacial score (nSPS) is 9.89. The van der Waals surface area contributed by atoms with Crippen LogP contribution >= 0.6 is 0 Å². The summed E-state index contributed by atoms with van der Waals surface area (Å²) in [5.74, 6) is 0.707. The molecule has 0 fully saturated rings. The van der Waals surface area contributed by atoms with Crippen molar-refractivity contribution in [2.75, 3.05) is 0 Å². The van der Waals surface area contributed by atoms with Crippen molar-refractivity contribution in [2.45, 2.75) is 19.3 Å². The minimum atomic E-state index is 0.707. The maximum atomic E-state index is 4.89. The highest BCUT2D eigenvalue weighted by molar-refractivity contribution is 4.72. The van der Waals surface area contributed by atoms with Gasteiger partial charge in [0.15, 0.2) is 0 Å². The van der Waals surface area contributed by atoms with Gasteiger partial charge in [-0.15, -0.1) is 10.2 Å². The van der Waals surface area contributed by atoms with Crippen LogP contribution < -0.4 is 0 Å². The summed E-state index contributed by atoms with van der Waals surface area (Å²) in [6, 6.07) is 0. The Bertz CT molecular complexity index is 148. The summed E-state index contributed by atoms with van der Waals surface area (Å²) < 4.78 is 4.89. The highest BCUT2D eigenvalue weighted by Crippen LogP contribution is 1.98. The molecule has 0 aliphatic rings. The van der Waals surface area contributed by atoms with E-state index in [1.807, 2.05) is 0 Å². The lowest BCUT2D eigenvalue weighted by Crippen LogP contribution is -1.83. The van der Waals surface area contributed by atoms with E-state index in [2.05, 4.69) is 17.1 Å². The molecule has 0 saturated heterocycles. The lowest BCUT2D eigenvalue weighted by atomic mass is 10.2. The van der Waals surface area contributed by atoms with Gasteiger partial charge in [0.2, 0.25) is 12.3 Å². The number of unbranched alkanes of at least 4 members (excludes halogenated alkanes) is 1. The average molecular weight is 125 g/mol. The zero-order valence-electron chi connectivity index (χ0n) is 5.21. The largest absolute Gasteiger partial charge is 0.428 e. The smallest absolute Gasteiger partial charge is 0.216 e. The molecule has 0 amide bonds. The van der Waals surface area contributed by atoms with Gasteiger partial charge in [-0.05, 0) is 6.42 Å². The Morgan fingerprint density at radius 3 is 3.11 bits per heavy atom. The van der Waals surface area contributed by atoms with Crippen LogP contribution in [0.5, 0.6) is 0 Å². The summed E-state index contributed by atoms with van der Waals surface area (Å²) in [5, 5.41) is 7.25. The zero-order chi connectivity index (χ0) is 6.53. The van der Waals surface area contributed by atoms with E-state index >= 15 is 0 Å². The second-order valence-corrected chi connectivity index (χ2v) is 1.79. The van der Waals surface area contributed by atoms with Crippen LogP contribution in [0, 0.1) is 6.92 Å². The van der Waals surface area contributed by atoms with Gasteiger partial charge in [-0.25, -0.2) is 0 Å². The molecule has 1 aromatic heterocycles. The fraction of sp³-hybridized carbons (Fsp3) is 0.500. The third-order valence-electron chi connectivity index (χ3n) is 1.05. The Morgan fingerprint density at radius 1 is 1.67 bits per heavy atom. The van der Waals surface area contributed by atoms with E-state index in [-0.39, 0.29) is 0 Å². The summed E-state index contributed by atoms with van der Waals surface area (Å²) >= 11 is 0. The molecule has 3 nitrogen and oxygen atoms in total. The summed E-state index contributed by atoms with van der Waals surface area (Å²) in [7, 11) is 0. The molecule has 0 aromatic carbocycles. The molecule has 0 atom stereocenters. The quantitative estimate of drug-likeness (QED) is 0.609. The molecule has 9 heavy (non-hydrogen) atoms. The fourth-order valence-corrected chi connectivity index (χ4v) is 0.581. The lowest BCUT2D eigenvalue weighted by Gasteiger charge is -1.87. The maximum absolute atomic E-state index is 4.89. The van der Waals surface area contributed by atoms with E-state index in [0.717, 1.165) is 19.3 Å². The zero-order valence-corrected chi connectivity index (χ0v) is 5.21. The molecule has 0 spiro atoms. The maximum Gasteiger partial charge on any atom is 0.216 e. The van der Waals surface area contributed by atoms with Crippen molar-refractivity contribution < 1.29 is 4.42 Å². The molecule has 0 bridgehead atoms.